The molecule has 0 unspecified atom stereocenters. The van der Waals surface area contributed by atoms with Crippen LogP contribution in [-0.4, -0.2) is 55.1 Å². The number of hydrogen-bond acceptors (Lipinski definition) is 5. The number of Topliss-reactive ketones (excluding diaryl/α,β-unsaturated/α-hetero) is 1. The molecule has 2 atom stereocenters. The lowest BCUT2D eigenvalue weighted by atomic mass is 9.88. The van der Waals surface area contributed by atoms with Gasteiger partial charge in [0, 0.05) is 62.1 Å². The van der Waals surface area contributed by atoms with Crippen LogP contribution in [0.25, 0.3) is 11.1 Å². The topological polar surface area (TPSA) is 54.5 Å². The summed E-state index contributed by atoms with van der Waals surface area (Å²) in [6.07, 6.45) is 5.80. The molecule has 178 valence electrons. The van der Waals surface area contributed by atoms with Crippen LogP contribution >= 0.6 is 11.6 Å². The summed E-state index contributed by atoms with van der Waals surface area (Å²) in [6, 6.07) is 7.35. The smallest absolute Gasteiger partial charge is 0.146 e. The summed E-state index contributed by atoms with van der Waals surface area (Å²) in [7, 11) is 2.07. The molecular weight excluding hydrogens is 441 g/mol. The van der Waals surface area contributed by atoms with Crippen molar-refractivity contribution in [3.63, 3.8) is 0 Å². The van der Waals surface area contributed by atoms with E-state index in [0.29, 0.717) is 34.9 Å². The Morgan fingerprint density at radius 3 is 2.79 bits per heavy atom. The number of ether oxygens (including phenoxy) is 1. The zero-order valence-electron chi connectivity index (χ0n) is 19.4. The molecule has 0 amide bonds. The summed E-state index contributed by atoms with van der Waals surface area (Å²) in [4.78, 5) is 19.6. The molecule has 0 spiro atoms. The average Bonchev–Trinajstić information content (AvgIpc) is 2.82. The normalized spacial score (nSPS) is 22.3. The van der Waals surface area contributed by atoms with Gasteiger partial charge >= 0.3 is 0 Å². The number of carbonyl (C=O) groups excluding carboxylic acids is 1. The maximum atomic E-state index is 14.5. The fourth-order valence-electron chi connectivity index (χ4n) is 4.70. The Morgan fingerprint density at radius 1 is 1.24 bits per heavy atom. The zero-order chi connectivity index (χ0) is 23.4. The Labute approximate surface area is 200 Å². The standard InChI is InChI=1S/C26H33ClFN3O2/c1-17-3-4-20(16-31(17)2)26(32)13-21-12-22(23(27)15-29-21)19-5-6-24(28)25(11-19)30-14-18-7-9-33-10-8-18/h5-6,11-12,15,17-18,20,30H,3-4,7-10,13-14,16H2,1-2H3/t17-,20-/m1/s1. The molecule has 2 fully saturated rings. The summed E-state index contributed by atoms with van der Waals surface area (Å²) < 4.78 is 19.9. The second kappa shape index (κ2) is 10.9. The predicted octanol–water partition coefficient (Wildman–Crippen LogP) is 5.22. The van der Waals surface area contributed by atoms with E-state index in [1.807, 2.05) is 6.07 Å². The van der Waals surface area contributed by atoms with E-state index in [1.165, 1.54) is 6.07 Å². The number of ketones is 1. The number of likely N-dealkylation sites (tertiary alicyclic amines) is 1. The number of rotatable bonds is 7. The van der Waals surface area contributed by atoms with Crippen LogP contribution in [-0.2, 0) is 16.0 Å². The van der Waals surface area contributed by atoms with Crippen LogP contribution in [0.15, 0.2) is 30.5 Å². The molecular formula is C26H33ClFN3O2. The van der Waals surface area contributed by atoms with Crippen LogP contribution in [0.4, 0.5) is 10.1 Å². The number of carbonyl (C=O) groups is 1. The van der Waals surface area contributed by atoms with Crippen molar-refractivity contribution in [2.75, 3.05) is 38.7 Å². The largest absolute Gasteiger partial charge is 0.382 e. The van der Waals surface area contributed by atoms with Gasteiger partial charge in [-0.1, -0.05) is 17.7 Å². The van der Waals surface area contributed by atoms with Gasteiger partial charge in [0.2, 0.25) is 0 Å². The molecule has 0 radical (unpaired) electrons. The predicted molar refractivity (Wildman–Crippen MR) is 130 cm³/mol. The molecule has 3 heterocycles. The number of nitrogens with zero attached hydrogens (tertiary/aromatic N) is 2. The number of hydrogen-bond donors (Lipinski definition) is 1. The van der Waals surface area contributed by atoms with E-state index in [1.54, 1.807) is 18.3 Å². The van der Waals surface area contributed by atoms with Gasteiger partial charge in [-0.25, -0.2) is 4.39 Å². The number of pyridine rings is 1. The van der Waals surface area contributed by atoms with Gasteiger partial charge in [0.05, 0.1) is 10.7 Å². The summed E-state index contributed by atoms with van der Waals surface area (Å²) in [5.74, 6) is 0.444. The third-order valence-corrected chi connectivity index (χ3v) is 7.42. The van der Waals surface area contributed by atoms with Crippen LogP contribution in [0.3, 0.4) is 0 Å². The highest BCUT2D eigenvalue weighted by atomic mass is 35.5. The summed E-state index contributed by atoms with van der Waals surface area (Å²) in [6.45, 7) is 5.23. The SMILES string of the molecule is C[C@@H]1CC[C@@H](C(=O)Cc2cc(-c3ccc(F)c(NCC4CCOCC4)c3)c(Cl)cn2)CN1C. The lowest BCUT2D eigenvalue weighted by Gasteiger charge is -2.34. The third-order valence-electron chi connectivity index (χ3n) is 7.12. The first-order chi connectivity index (χ1) is 15.9. The molecule has 0 aliphatic carbocycles. The van der Waals surface area contributed by atoms with E-state index >= 15 is 0 Å². The first kappa shape index (κ1) is 24.1. The zero-order valence-corrected chi connectivity index (χ0v) is 20.2. The van der Waals surface area contributed by atoms with Crippen molar-refractivity contribution in [2.24, 2.45) is 11.8 Å². The molecule has 2 saturated heterocycles. The van der Waals surface area contributed by atoms with E-state index < -0.39 is 0 Å². The molecule has 2 aromatic rings. The fraction of sp³-hybridized carbons (Fsp3) is 0.538. The summed E-state index contributed by atoms with van der Waals surface area (Å²) in [5, 5.41) is 3.75. The van der Waals surface area contributed by atoms with E-state index in [9.17, 15) is 9.18 Å². The second-order valence-electron chi connectivity index (χ2n) is 9.49. The van der Waals surface area contributed by atoms with Crippen LogP contribution in [0.5, 0.6) is 0 Å². The van der Waals surface area contributed by atoms with Gasteiger partial charge in [0.25, 0.3) is 0 Å². The van der Waals surface area contributed by atoms with Crippen molar-refractivity contribution < 1.29 is 13.9 Å². The molecule has 5 nitrogen and oxygen atoms in total. The number of benzene rings is 1. The minimum Gasteiger partial charge on any atom is -0.382 e. The first-order valence-corrected chi connectivity index (χ1v) is 12.3. The number of halogens is 2. The van der Waals surface area contributed by atoms with Crippen molar-refractivity contribution in [1.29, 1.82) is 0 Å². The van der Waals surface area contributed by atoms with Gasteiger partial charge in [-0.15, -0.1) is 0 Å². The minimum atomic E-state index is -0.290. The van der Waals surface area contributed by atoms with Crippen LogP contribution in [0.1, 0.15) is 38.3 Å². The molecule has 1 aromatic heterocycles. The van der Waals surface area contributed by atoms with E-state index in [2.05, 4.69) is 29.2 Å². The highest BCUT2D eigenvalue weighted by Crippen LogP contribution is 2.32. The third kappa shape index (κ3) is 6.11. The number of aromatic nitrogens is 1. The highest BCUT2D eigenvalue weighted by Gasteiger charge is 2.28. The molecule has 0 saturated carbocycles. The van der Waals surface area contributed by atoms with Crippen LogP contribution < -0.4 is 5.32 Å². The van der Waals surface area contributed by atoms with Gasteiger partial charge in [-0.3, -0.25) is 9.78 Å². The van der Waals surface area contributed by atoms with Crippen molar-refractivity contribution in [3.8, 4) is 11.1 Å². The Balaban J connectivity index is 1.47. The number of piperidine rings is 1. The lowest BCUT2D eigenvalue weighted by molar-refractivity contribution is -0.124. The van der Waals surface area contributed by atoms with Gasteiger partial charge in [-0.2, -0.15) is 0 Å². The van der Waals surface area contributed by atoms with E-state index in [4.69, 9.17) is 16.3 Å². The first-order valence-electron chi connectivity index (χ1n) is 11.9. The molecule has 4 rings (SSSR count). The van der Waals surface area contributed by atoms with Gasteiger partial charge in [0.15, 0.2) is 0 Å². The van der Waals surface area contributed by atoms with Gasteiger partial charge < -0.3 is 15.0 Å². The summed E-state index contributed by atoms with van der Waals surface area (Å²) >= 11 is 6.46. The molecule has 2 aliphatic heterocycles. The second-order valence-corrected chi connectivity index (χ2v) is 9.90. The molecule has 0 bridgehead atoms. The summed E-state index contributed by atoms with van der Waals surface area (Å²) in [5.41, 5.74) is 2.72. The maximum absolute atomic E-state index is 14.5. The quantitative estimate of drug-likeness (QED) is 0.597. The molecule has 2 aliphatic rings. The Hall–Kier alpha value is -2.02. The van der Waals surface area contributed by atoms with Crippen molar-refractivity contribution >= 4 is 23.1 Å². The molecule has 1 aromatic carbocycles. The Morgan fingerprint density at radius 2 is 2.03 bits per heavy atom. The molecule has 1 N–H and O–H groups in total. The Kier molecular flexibility index (Phi) is 7.99. The van der Waals surface area contributed by atoms with Crippen LogP contribution in [0.2, 0.25) is 5.02 Å². The monoisotopic (exact) mass is 473 g/mol. The average molecular weight is 474 g/mol. The molecule has 33 heavy (non-hydrogen) atoms. The van der Waals surface area contributed by atoms with Crippen molar-refractivity contribution in [3.05, 3.63) is 47.0 Å². The van der Waals surface area contributed by atoms with Gasteiger partial charge in [0.1, 0.15) is 11.6 Å². The fourth-order valence-corrected chi connectivity index (χ4v) is 4.91. The van der Waals surface area contributed by atoms with Crippen molar-refractivity contribution in [2.45, 2.75) is 45.1 Å². The Bertz CT molecular complexity index is 980. The molecule has 7 heteroatoms. The minimum absolute atomic E-state index is 0.0407. The van der Waals surface area contributed by atoms with Crippen LogP contribution in [0, 0.1) is 17.7 Å². The van der Waals surface area contributed by atoms with E-state index in [-0.39, 0.29) is 23.9 Å². The van der Waals surface area contributed by atoms with E-state index in [0.717, 1.165) is 56.6 Å². The highest BCUT2D eigenvalue weighted by molar-refractivity contribution is 6.33. The lowest BCUT2D eigenvalue weighted by Crippen LogP contribution is -2.41. The number of nitrogens with one attached hydrogen (secondary N) is 1. The number of anilines is 1. The van der Waals surface area contributed by atoms with Gasteiger partial charge in [-0.05, 0) is 69.3 Å². The maximum Gasteiger partial charge on any atom is 0.146 e. The van der Waals surface area contributed by atoms with Crippen molar-refractivity contribution in [1.82, 2.24) is 9.88 Å².